The molecule has 18 unspecified atom stereocenters. The van der Waals surface area contributed by atoms with Crippen LogP contribution in [0.4, 0.5) is 10.5 Å². The summed E-state index contributed by atoms with van der Waals surface area (Å²) < 4.78 is 66.8. The summed E-state index contributed by atoms with van der Waals surface area (Å²) in [6.45, 7) is 21.6. The number of anilines is 1. The van der Waals surface area contributed by atoms with E-state index in [2.05, 4.69) is 45.1 Å². The third-order valence-electron chi connectivity index (χ3n) is 24.1. The Kier molecular flexibility index (Phi) is 40.6. The highest BCUT2D eigenvalue weighted by atomic mass is 127. The molecule has 37 heteroatoms. The van der Waals surface area contributed by atoms with Crippen LogP contribution in [-0.2, 0) is 97.2 Å². The molecular formula is C93H124IN5O28S3. The molecular weight excluding hydrogens is 1860 g/mol. The molecule has 4 fully saturated rings. The molecule has 2 aliphatic carbocycles. The number of unbranched alkanes of at least 4 members (excludes halogenated alkanes) is 2. The molecule has 5 amide bonds. The number of hydroxylamine groups is 1. The fourth-order valence-corrected chi connectivity index (χ4v) is 20.5. The lowest BCUT2D eigenvalue weighted by molar-refractivity contribution is -0.335. The van der Waals surface area contributed by atoms with E-state index in [0.717, 1.165) is 16.7 Å². The van der Waals surface area contributed by atoms with Crippen LogP contribution in [0.25, 0.3) is 0 Å². The van der Waals surface area contributed by atoms with Crippen molar-refractivity contribution in [3.05, 3.63) is 97.2 Å². The van der Waals surface area contributed by atoms with Crippen LogP contribution in [0.1, 0.15) is 193 Å². The first-order chi connectivity index (χ1) is 61.7. The van der Waals surface area contributed by atoms with Gasteiger partial charge in [0, 0.05) is 122 Å². The first-order valence-corrected chi connectivity index (χ1v) is 48.2. The lowest BCUT2D eigenvalue weighted by atomic mass is 9.72. The number of nitrogens with zero attached hydrogens (tertiary/aromatic N) is 1. The van der Waals surface area contributed by atoms with Gasteiger partial charge in [-0.2, -0.15) is 5.48 Å². The fourth-order valence-electron chi connectivity index (χ4n) is 16.2. The number of carbonyl (C=O) groups excluding carboxylic acids is 11. The number of aliphatic hydroxyl groups is 5. The van der Waals surface area contributed by atoms with E-state index in [9.17, 15) is 78.3 Å². The van der Waals surface area contributed by atoms with Gasteiger partial charge in [-0.3, -0.25) is 52.9 Å². The fraction of sp³-hybridized carbons (Fsp3) is 0.624. The summed E-state index contributed by atoms with van der Waals surface area (Å²) in [7, 11) is 6.79. The number of ketones is 4. The Morgan fingerprint density at radius 3 is 2.18 bits per heavy atom. The predicted molar refractivity (Wildman–Crippen MR) is 490 cm³/mol. The minimum absolute atomic E-state index is 0.00287. The predicted octanol–water partition coefficient (Wildman–Crippen LogP) is 9.09. The van der Waals surface area contributed by atoms with Gasteiger partial charge in [0.15, 0.2) is 36.0 Å². The summed E-state index contributed by atoms with van der Waals surface area (Å²) in [4.78, 5) is 152. The van der Waals surface area contributed by atoms with E-state index in [1.807, 2.05) is 57.2 Å². The molecule has 33 nitrogen and oxygen atoms in total. The Bertz CT molecular complexity index is 4630. The number of nitrogens with one attached hydrogen (secondary N) is 4. The number of methoxy groups -OCH3 is 3. The van der Waals surface area contributed by atoms with Crippen LogP contribution >= 0.6 is 55.9 Å². The Balaban J connectivity index is 0.783. The second kappa shape index (κ2) is 49.7. The van der Waals surface area contributed by atoms with Crippen LogP contribution in [0.2, 0.25) is 0 Å². The third kappa shape index (κ3) is 28.8. The van der Waals surface area contributed by atoms with E-state index >= 15 is 0 Å². The number of thioether (sulfide) groups is 1. The molecule has 714 valence electrons. The van der Waals surface area contributed by atoms with Crippen molar-refractivity contribution in [1.29, 1.82) is 0 Å². The van der Waals surface area contributed by atoms with Gasteiger partial charge in [-0.05, 0) is 157 Å². The smallest absolute Gasteiger partial charge is 0.407 e. The zero-order chi connectivity index (χ0) is 95.2. The summed E-state index contributed by atoms with van der Waals surface area (Å²) in [5, 5.41) is 66.2. The van der Waals surface area contributed by atoms with E-state index in [0.29, 0.717) is 64.5 Å². The zero-order valence-electron chi connectivity index (χ0n) is 76.1. The van der Waals surface area contributed by atoms with E-state index in [1.54, 1.807) is 71.9 Å². The number of hydrogen-bond acceptors (Lipinski definition) is 32. The number of hydrogen-bond donors (Lipinski definition) is 9. The van der Waals surface area contributed by atoms with Gasteiger partial charge >= 0.3 is 12.1 Å². The van der Waals surface area contributed by atoms with Gasteiger partial charge in [-0.1, -0.05) is 116 Å². The highest BCUT2D eigenvalue weighted by molar-refractivity contribution is 14.1. The lowest BCUT2D eigenvalue weighted by Crippen LogP contribution is -2.64. The molecule has 0 spiro atoms. The van der Waals surface area contributed by atoms with E-state index in [1.165, 1.54) is 74.1 Å². The van der Waals surface area contributed by atoms with Gasteiger partial charge in [0.1, 0.15) is 66.3 Å². The molecule has 0 aromatic heterocycles. The highest BCUT2D eigenvalue weighted by Gasteiger charge is 2.52. The molecule has 4 saturated heterocycles. The highest BCUT2D eigenvalue weighted by Crippen LogP contribution is 2.47. The number of allylic oxidation sites excluding steroid dienone is 2. The molecule has 130 heavy (non-hydrogen) atoms. The van der Waals surface area contributed by atoms with Gasteiger partial charge in [0.2, 0.25) is 23.2 Å². The number of esters is 1. The number of aliphatic hydroxyl groups excluding tert-OH is 4. The lowest BCUT2D eigenvalue weighted by Gasteiger charge is -2.46. The number of alkyl carbamates (subject to hydrolysis) is 1. The van der Waals surface area contributed by atoms with Crippen LogP contribution < -0.4 is 30.9 Å². The average molecular weight is 1980 g/mol. The number of halogens is 1. The normalized spacial score (nSPS) is 28.6. The molecule has 2 bridgehead atoms. The van der Waals surface area contributed by atoms with Crippen molar-refractivity contribution in [2.24, 2.45) is 23.7 Å². The van der Waals surface area contributed by atoms with E-state index < -0.39 is 162 Å². The van der Waals surface area contributed by atoms with E-state index in [4.69, 9.17) is 56.9 Å². The Morgan fingerprint density at radius 2 is 1.52 bits per heavy atom. The second-order valence-electron chi connectivity index (χ2n) is 34.5. The van der Waals surface area contributed by atoms with Crippen molar-refractivity contribution in [2.75, 3.05) is 52.1 Å². The van der Waals surface area contributed by atoms with Crippen LogP contribution in [0, 0.1) is 64.8 Å². The van der Waals surface area contributed by atoms with Gasteiger partial charge in [0.25, 0.3) is 11.8 Å². The number of carbonyl (C=O) groups is 11. The summed E-state index contributed by atoms with van der Waals surface area (Å²) in [6, 6.07) is 4.70. The number of benzene rings is 2. The maximum Gasteiger partial charge on any atom is 0.407 e. The van der Waals surface area contributed by atoms with Crippen molar-refractivity contribution in [1.82, 2.24) is 21.0 Å². The molecule has 5 aliphatic heterocycles. The maximum atomic E-state index is 14.6. The number of amides is 5. The van der Waals surface area contributed by atoms with Crippen molar-refractivity contribution in [3.63, 3.8) is 0 Å². The number of Topliss-reactive ketones (excluding diaryl/α,β-unsaturated/α-hetero) is 4. The molecule has 2 aromatic carbocycles. The van der Waals surface area contributed by atoms with E-state index in [-0.39, 0.29) is 164 Å². The number of ether oxygens (including phenoxy) is 11. The quantitative estimate of drug-likeness (QED) is 0.00567. The summed E-state index contributed by atoms with van der Waals surface area (Å²) >= 11 is 2.89. The second-order valence-corrected chi connectivity index (χ2v) is 39.8. The topological polar surface area (TPSA) is 451 Å². The van der Waals surface area contributed by atoms with Gasteiger partial charge in [-0.15, -0.1) is 0 Å². The molecule has 22 atom stereocenters. The summed E-state index contributed by atoms with van der Waals surface area (Å²) in [5.41, 5.74) is 2.93. The zero-order valence-corrected chi connectivity index (χ0v) is 80.7. The standard InChI is InChI=1S/C93H124IN5O28S3/c1-16-49(2)77(97-68(105)27-21-19-23-39-99-69(106)32-33-70(99)107)64(102)41-51(4)87(112)96-60-30-28-58(29-31-60)47-120-91(114)95-38-24-25-61(101)34-37-92(11,12)130-128-40-35-63-75-62(44-71(108)116-13)66(104)46-93(63,115)36-22-18-17-20-26-67(75)124-90-85(125-72-42-50(3)59(48-119-72)43-52(5)100)80(110)78(55(8)122-90)98-127-73-45-65(103)86(57(10)121-73)129-88(113)74-53(6)76(94)83(54(7)82(74)117-14)126-89-81(111)84(118-15)79(109)56(9)123-89/h17-18,28-33,35,49-51,55-57,59,65,67,72-73,77-81,84-86,89-90,98,103,109-111,115H,16,19,21,23-25,27,34,37-48H2,1-15H3,(H,95,114)(H,96,112)(H,97,105)/b18-17-,63-35+/t49?,50?,51-,55?,56?,57?,59?,65?,67+,72?,73?,77+,78?,79?,80?,81?,84?,85?,86?,89?,90?,93+/m1/s1. The Morgan fingerprint density at radius 1 is 0.808 bits per heavy atom. The number of rotatable bonds is 44. The molecule has 7 aliphatic rings. The van der Waals surface area contributed by atoms with Gasteiger partial charge < -0.3 is 98.4 Å². The first kappa shape index (κ1) is 106. The van der Waals surface area contributed by atoms with Crippen LogP contribution in [0.3, 0.4) is 0 Å². The monoisotopic (exact) mass is 1980 g/mol. The number of fused-ring (bicyclic) bond motifs is 2. The first-order valence-electron chi connectivity index (χ1n) is 43.9. The van der Waals surface area contributed by atoms with Crippen LogP contribution in [0.15, 0.2) is 71.4 Å². The number of imide groups is 1. The Labute approximate surface area is 784 Å². The van der Waals surface area contributed by atoms with Crippen molar-refractivity contribution in [2.45, 2.75) is 300 Å². The molecule has 0 saturated carbocycles. The molecule has 5 heterocycles. The van der Waals surface area contributed by atoms with Gasteiger partial charge in [-0.25, -0.2) is 4.79 Å². The Hall–Kier alpha value is -7.49. The SMILES string of the molecule is CCC(C)[C@H](NC(=O)CCCCCN1C(=O)C=CC1=O)C(=O)C[C@@H](C)C(=O)Nc1ccc(COC(=O)NCCCC(=O)CCC(C)(C)SSC/C=C2\C3=C(CC(=O)OC)C(=O)C[C@@]2(O)C#C/C=C\C#C[C@@H]3OC2OC(C)C(NOC3CC(O)C(SC(=O)c4c(C)c(I)c(OC5OC(C)C(O)C(OC)C5O)c(C)c4OC)C(C)O3)C(O)C2OC2CC(C)C(CC(C)=O)CO2)cc1. The summed E-state index contributed by atoms with van der Waals surface area (Å²) in [6.07, 6.45) is -7.93. The average Bonchev–Trinajstić information content (AvgIpc) is 0.873. The largest absolute Gasteiger partial charge is 0.496 e. The molecule has 0 radical (unpaired) electrons. The van der Waals surface area contributed by atoms with Crippen LogP contribution in [0.5, 0.6) is 11.5 Å². The molecule has 9 N–H and O–H groups in total. The maximum absolute atomic E-state index is 14.6. The van der Waals surface area contributed by atoms with Crippen LogP contribution in [-0.4, -0.2) is 255 Å². The summed E-state index contributed by atoms with van der Waals surface area (Å²) in [5.74, 6) is 7.95. The van der Waals surface area contributed by atoms with Crippen molar-refractivity contribution < 1.29 is 135 Å². The van der Waals surface area contributed by atoms with Crippen molar-refractivity contribution in [3.8, 4) is 35.2 Å². The molecule has 2 aromatic rings. The minimum Gasteiger partial charge on any atom is -0.496 e. The third-order valence-corrected chi connectivity index (χ3v) is 30.0. The minimum atomic E-state index is -2.18. The molecule has 9 rings (SSSR count). The van der Waals surface area contributed by atoms with Gasteiger partial charge in [0.05, 0.1) is 84.6 Å². The van der Waals surface area contributed by atoms with Crippen molar-refractivity contribution >= 4 is 126 Å².